The minimum atomic E-state index is -1.11. The van der Waals surface area contributed by atoms with Crippen molar-refractivity contribution in [2.24, 2.45) is 0 Å². The first-order valence-electron chi connectivity index (χ1n) is 8.80. The SMILES string of the molecule is CC#CCn1c(C)c(C(=O)C(=O)OCC)c(C)c1C(=O)Nc1ccc(F)c(F)c1. The molecule has 0 fully saturated rings. The first kappa shape index (κ1) is 21.8. The van der Waals surface area contributed by atoms with Crippen LogP contribution in [-0.4, -0.2) is 28.8 Å². The van der Waals surface area contributed by atoms with Crippen LogP contribution in [0.4, 0.5) is 14.5 Å². The van der Waals surface area contributed by atoms with Crippen molar-refractivity contribution in [2.75, 3.05) is 11.9 Å². The number of carbonyl (C=O) groups is 3. The summed E-state index contributed by atoms with van der Waals surface area (Å²) in [5.41, 5.74) is 0.815. The first-order chi connectivity index (χ1) is 13.7. The molecule has 0 atom stereocenters. The van der Waals surface area contributed by atoms with E-state index in [1.54, 1.807) is 20.8 Å². The molecule has 29 heavy (non-hydrogen) atoms. The first-order valence-corrected chi connectivity index (χ1v) is 8.80. The number of carbonyl (C=O) groups excluding carboxylic acids is 3. The average Bonchev–Trinajstić information content (AvgIpc) is 2.92. The second kappa shape index (κ2) is 9.15. The van der Waals surface area contributed by atoms with Gasteiger partial charge in [0.2, 0.25) is 0 Å². The minimum absolute atomic E-state index is 0.0359. The van der Waals surface area contributed by atoms with Gasteiger partial charge in [0.05, 0.1) is 18.7 Å². The number of aromatic nitrogens is 1. The summed E-state index contributed by atoms with van der Waals surface area (Å²) in [6, 6.07) is 2.95. The molecular weight excluding hydrogens is 382 g/mol. The average molecular weight is 402 g/mol. The number of Topliss-reactive ketones (excluding diaryl/α,β-unsaturated/α-hetero) is 1. The van der Waals surface area contributed by atoms with Crippen LogP contribution in [0.25, 0.3) is 0 Å². The summed E-state index contributed by atoms with van der Waals surface area (Å²) in [5, 5.41) is 2.48. The molecule has 0 radical (unpaired) electrons. The van der Waals surface area contributed by atoms with Crippen LogP contribution in [0.1, 0.15) is 46.0 Å². The predicted molar refractivity (Wildman–Crippen MR) is 103 cm³/mol. The van der Waals surface area contributed by atoms with Crippen molar-refractivity contribution in [3.63, 3.8) is 0 Å². The van der Waals surface area contributed by atoms with Gasteiger partial charge in [0.25, 0.3) is 11.7 Å². The Kier molecular flexibility index (Phi) is 6.89. The smallest absolute Gasteiger partial charge is 0.379 e. The minimum Gasteiger partial charge on any atom is -0.460 e. The van der Waals surface area contributed by atoms with Gasteiger partial charge in [-0.05, 0) is 45.4 Å². The van der Waals surface area contributed by atoms with Crippen LogP contribution in [0.5, 0.6) is 0 Å². The zero-order valence-electron chi connectivity index (χ0n) is 16.5. The molecule has 1 aromatic heterocycles. The summed E-state index contributed by atoms with van der Waals surface area (Å²) in [7, 11) is 0. The van der Waals surface area contributed by atoms with E-state index >= 15 is 0 Å². The molecule has 2 rings (SSSR count). The number of nitrogens with one attached hydrogen (secondary N) is 1. The van der Waals surface area contributed by atoms with Crippen molar-refractivity contribution in [1.82, 2.24) is 4.57 Å². The quantitative estimate of drug-likeness (QED) is 0.348. The topological polar surface area (TPSA) is 77.4 Å². The molecule has 0 aliphatic heterocycles. The normalized spacial score (nSPS) is 10.1. The van der Waals surface area contributed by atoms with Crippen LogP contribution in [0.2, 0.25) is 0 Å². The van der Waals surface area contributed by atoms with Crippen LogP contribution in [0.3, 0.4) is 0 Å². The van der Waals surface area contributed by atoms with Crippen molar-refractivity contribution in [3.8, 4) is 11.8 Å². The van der Waals surface area contributed by atoms with E-state index in [9.17, 15) is 23.2 Å². The molecule has 1 aromatic carbocycles. The highest BCUT2D eigenvalue weighted by Crippen LogP contribution is 2.25. The van der Waals surface area contributed by atoms with Gasteiger partial charge >= 0.3 is 5.97 Å². The fourth-order valence-corrected chi connectivity index (χ4v) is 2.94. The second-order valence-electron chi connectivity index (χ2n) is 6.08. The van der Waals surface area contributed by atoms with Gasteiger partial charge in [0.15, 0.2) is 11.6 Å². The number of amides is 1. The van der Waals surface area contributed by atoms with Gasteiger partial charge in [0, 0.05) is 17.4 Å². The van der Waals surface area contributed by atoms with Gasteiger partial charge in [-0.2, -0.15) is 0 Å². The molecule has 1 amide bonds. The monoisotopic (exact) mass is 402 g/mol. The molecule has 1 N–H and O–H groups in total. The lowest BCUT2D eigenvalue weighted by atomic mass is 10.1. The summed E-state index contributed by atoms with van der Waals surface area (Å²) in [6.45, 7) is 6.44. The molecule has 0 aliphatic carbocycles. The van der Waals surface area contributed by atoms with Crippen LogP contribution in [0.15, 0.2) is 18.2 Å². The van der Waals surface area contributed by atoms with Crippen LogP contribution in [-0.2, 0) is 16.1 Å². The molecule has 1 heterocycles. The number of halogens is 2. The Morgan fingerprint density at radius 3 is 2.45 bits per heavy atom. The van der Waals surface area contributed by atoms with E-state index in [-0.39, 0.29) is 35.7 Å². The van der Waals surface area contributed by atoms with Gasteiger partial charge in [0.1, 0.15) is 5.69 Å². The number of ketones is 1. The summed E-state index contributed by atoms with van der Waals surface area (Å²) in [4.78, 5) is 37.3. The number of rotatable bonds is 6. The molecular formula is C21H20F2N2O4. The highest BCUT2D eigenvalue weighted by Gasteiger charge is 2.30. The number of hydrogen-bond donors (Lipinski definition) is 1. The Balaban J connectivity index is 2.53. The molecule has 0 spiro atoms. The number of ether oxygens (including phenoxy) is 1. The highest BCUT2D eigenvalue weighted by atomic mass is 19.2. The zero-order chi connectivity index (χ0) is 21.7. The van der Waals surface area contributed by atoms with E-state index in [1.165, 1.54) is 17.6 Å². The van der Waals surface area contributed by atoms with Gasteiger partial charge in [-0.1, -0.05) is 5.92 Å². The van der Waals surface area contributed by atoms with Crippen molar-refractivity contribution < 1.29 is 27.9 Å². The Hall–Kier alpha value is -3.47. The molecule has 0 unspecified atom stereocenters. The van der Waals surface area contributed by atoms with Gasteiger partial charge in [-0.25, -0.2) is 13.6 Å². The van der Waals surface area contributed by atoms with E-state index < -0.39 is 29.3 Å². The van der Waals surface area contributed by atoms with Gasteiger partial charge in [-0.3, -0.25) is 9.59 Å². The summed E-state index contributed by atoms with van der Waals surface area (Å²) < 4.78 is 32.8. The Morgan fingerprint density at radius 1 is 1.17 bits per heavy atom. The summed E-state index contributed by atoms with van der Waals surface area (Å²) in [6.07, 6.45) is 0. The standard InChI is InChI=1S/C21H20F2N2O4/c1-5-7-10-25-13(4)17(19(26)21(28)29-6-2)12(3)18(25)20(27)24-14-8-9-15(22)16(23)11-14/h8-9,11H,6,10H2,1-4H3,(H,24,27). The Morgan fingerprint density at radius 2 is 1.86 bits per heavy atom. The fourth-order valence-electron chi connectivity index (χ4n) is 2.94. The number of hydrogen-bond acceptors (Lipinski definition) is 4. The lowest BCUT2D eigenvalue weighted by molar-refractivity contribution is -0.137. The maximum Gasteiger partial charge on any atom is 0.379 e. The van der Waals surface area contributed by atoms with E-state index in [1.807, 2.05) is 0 Å². The molecule has 152 valence electrons. The Labute approximate surface area is 166 Å². The summed E-state index contributed by atoms with van der Waals surface area (Å²) >= 11 is 0. The lowest BCUT2D eigenvalue weighted by Crippen LogP contribution is -2.19. The third kappa shape index (κ3) is 4.51. The third-order valence-electron chi connectivity index (χ3n) is 4.26. The number of anilines is 1. The molecule has 2 aromatic rings. The molecule has 6 nitrogen and oxygen atoms in total. The summed E-state index contributed by atoms with van der Waals surface area (Å²) in [5.74, 6) is 0.815. The van der Waals surface area contributed by atoms with Crippen LogP contribution >= 0.6 is 0 Å². The lowest BCUT2D eigenvalue weighted by Gasteiger charge is -2.10. The van der Waals surface area contributed by atoms with E-state index in [2.05, 4.69) is 17.2 Å². The van der Waals surface area contributed by atoms with Gasteiger partial charge in [-0.15, -0.1) is 5.92 Å². The molecule has 0 saturated heterocycles. The van der Waals surface area contributed by atoms with E-state index in [4.69, 9.17) is 4.74 Å². The molecule has 0 aliphatic rings. The largest absolute Gasteiger partial charge is 0.460 e. The van der Waals surface area contributed by atoms with Crippen molar-refractivity contribution in [3.05, 3.63) is 52.3 Å². The Bertz CT molecular complexity index is 1050. The third-order valence-corrected chi connectivity index (χ3v) is 4.26. The molecule has 0 bridgehead atoms. The predicted octanol–water partition coefficient (Wildman–Crippen LogP) is 3.40. The molecule has 0 saturated carbocycles. The van der Waals surface area contributed by atoms with E-state index in [0.29, 0.717) is 5.69 Å². The molecule has 8 heteroatoms. The fraction of sp³-hybridized carbons (Fsp3) is 0.286. The maximum atomic E-state index is 13.4. The number of nitrogens with zero attached hydrogens (tertiary/aromatic N) is 1. The number of benzene rings is 1. The van der Waals surface area contributed by atoms with E-state index in [0.717, 1.165) is 12.1 Å². The zero-order valence-corrected chi connectivity index (χ0v) is 16.5. The van der Waals surface area contributed by atoms with Crippen molar-refractivity contribution in [2.45, 2.75) is 34.2 Å². The second-order valence-corrected chi connectivity index (χ2v) is 6.08. The maximum absolute atomic E-state index is 13.4. The number of esters is 1. The van der Waals surface area contributed by atoms with Crippen molar-refractivity contribution in [1.29, 1.82) is 0 Å². The van der Waals surface area contributed by atoms with Gasteiger partial charge < -0.3 is 14.6 Å². The van der Waals surface area contributed by atoms with Crippen molar-refractivity contribution >= 4 is 23.3 Å². The van der Waals surface area contributed by atoms with Crippen LogP contribution < -0.4 is 5.32 Å². The van der Waals surface area contributed by atoms with Crippen LogP contribution in [0, 0.1) is 37.3 Å². The highest BCUT2D eigenvalue weighted by molar-refractivity contribution is 6.41.